The molecule has 1 fully saturated rings. The molecular weight excluding hydrogens is 212 g/mol. The molecule has 0 saturated carbocycles. The van der Waals surface area contributed by atoms with E-state index in [4.69, 9.17) is 13.3 Å². The topological polar surface area (TPSA) is 43.0 Å². The highest BCUT2D eigenvalue weighted by atomic mass is 28.4. The first-order valence-electron chi connectivity index (χ1n) is 5.34. The van der Waals surface area contributed by atoms with Crippen LogP contribution < -0.4 is 5.32 Å². The van der Waals surface area contributed by atoms with Crippen LogP contribution in [0.1, 0.15) is 6.92 Å². The van der Waals surface area contributed by atoms with Gasteiger partial charge in [0.25, 0.3) is 0 Å². The van der Waals surface area contributed by atoms with Crippen molar-refractivity contribution in [2.24, 2.45) is 0 Å². The SMILES string of the molecule is CCN1CCNCC1[Si](OC)(OC)OC. The van der Waals surface area contributed by atoms with Crippen molar-refractivity contribution in [3.63, 3.8) is 0 Å². The number of nitrogens with zero attached hydrogens (tertiary/aromatic N) is 1. The Morgan fingerprint density at radius 1 is 1.27 bits per heavy atom. The quantitative estimate of drug-likeness (QED) is 0.662. The van der Waals surface area contributed by atoms with Gasteiger partial charge in [-0.05, 0) is 6.54 Å². The molecule has 5 nitrogen and oxygen atoms in total. The van der Waals surface area contributed by atoms with Gasteiger partial charge in [-0.25, -0.2) is 0 Å². The maximum Gasteiger partial charge on any atom is 0.519 e. The Labute approximate surface area is 93.1 Å². The van der Waals surface area contributed by atoms with Gasteiger partial charge in [-0.15, -0.1) is 0 Å². The van der Waals surface area contributed by atoms with Crippen molar-refractivity contribution in [3.05, 3.63) is 0 Å². The second kappa shape index (κ2) is 5.93. The standard InChI is InChI=1S/C9H22N2O3Si/c1-5-11-7-6-10-8-9(11)15(12-2,13-3)14-4/h9-10H,5-8H2,1-4H3. The fourth-order valence-corrected chi connectivity index (χ4v) is 4.60. The van der Waals surface area contributed by atoms with Crippen LogP contribution in [-0.4, -0.2) is 66.9 Å². The second-order valence-electron chi connectivity index (χ2n) is 3.56. The lowest BCUT2D eigenvalue weighted by atomic mass is 10.3. The van der Waals surface area contributed by atoms with Gasteiger partial charge in [0.2, 0.25) is 0 Å². The number of likely N-dealkylation sites (N-methyl/N-ethyl adjacent to an activating group) is 1. The summed E-state index contributed by atoms with van der Waals surface area (Å²) >= 11 is 0. The van der Waals surface area contributed by atoms with Crippen LogP contribution in [0.2, 0.25) is 0 Å². The molecule has 1 atom stereocenters. The van der Waals surface area contributed by atoms with Crippen molar-refractivity contribution >= 4 is 8.80 Å². The molecule has 1 N–H and O–H groups in total. The van der Waals surface area contributed by atoms with Gasteiger partial charge in [-0.2, -0.15) is 0 Å². The molecule has 0 radical (unpaired) electrons. The summed E-state index contributed by atoms with van der Waals surface area (Å²) < 4.78 is 16.6. The molecule has 0 bridgehead atoms. The molecule has 0 spiro atoms. The fraction of sp³-hybridized carbons (Fsp3) is 1.00. The molecule has 15 heavy (non-hydrogen) atoms. The van der Waals surface area contributed by atoms with E-state index >= 15 is 0 Å². The number of nitrogens with one attached hydrogen (secondary N) is 1. The van der Waals surface area contributed by atoms with Gasteiger partial charge >= 0.3 is 8.80 Å². The van der Waals surface area contributed by atoms with E-state index in [1.54, 1.807) is 21.3 Å². The van der Waals surface area contributed by atoms with E-state index < -0.39 is 8.80 Å². The van der Waals surface area contributed by atoms with Crippen molar-refractivity contribution in [3.8, 4) is 0 Å². The number of hydrogen-bond donors (Lipinski definition) is 1. The molecule has 0 aromatic carbocycles. The highest BCUT2D eigenvalue weighted by Gasteiger charge is 2.50. The molecule has 1 saturated heterocycles. The van der Waals surface area contributed by atoms with Crippen LogP contribution in [0.5, 0.6) is 0 Å². The highest BCUT2D eigenvalue weighted by molar-refractivity contribution is 6.62. The number of piperazine rings is 1. The van der Waals surface area contributed by atoms with Gasteiger partial charge in [0, 0.05) is 41.0 Å². The zero-order valence-corrected chi connectivity index (χ0v) is 11.1. The average molecular weight is 234 g/mol. The lowest BCUT2D eigenvalue weighted by Gasteiger charge is -2.42. The van der Waals surface area contributed by atoms with Crippen LogP contribution in [-0.2, 0) is 13.3 Å². The Kier molecular flexibility index (Phi) is 5.17. The summed E-state index contributed by atoms with van der Waals surface area (Å²) in [4.78, 5) is 2.36. The number of rotatable bonds is 5. The third-order valence-electron chi connectivity index (χ3n) is 3.02. The van der Waals surface area contributed by atoms with Crippen molar-refractivity contribution < 1.29 is 13.3 Å². The summed E-state index contributed by atoms with van der Waals surface area (Å²) in [6, 6.07) is 0. The predicted molar refractivity (Wildman–Crippen MR) is 60.7 cm³/mol. The molecule has 1 aliphatic heterocycles. The zero-order chi connectivity index (χ0) is 11.3. The van der Waals surface area contributed by atoms with E-state index in [2.05, 4.69) is 17.1 Å². The summed E-state index contributed by atoms with van der Waals surface area (Å²) in [6.45, 7) is 6.06. The average Bonchev–Trinajstić information content (AvgIpc) is 2.33. The summed E-state index contributed by atoms with van der Waals surface area (Å²) in [6.07, 6.45) is 0. The largest absolute Gasteiger partial charge is 0.519 e. The van der Waals surface area contributed by atoms with Crippen molar-refractivity contribution in [1.82, 2.24) is 10.2 Å². The molecule has 6 heteroatoms. The Bertz CT molecular complexity index is 182. The third-order valence-corrected chi connectivity index (χ3v) is 6.11. The lowest BCUT2D eigenvalue weighted by Crippen LogP contribution is -2.67. The molecule has 90 valence electrons. The molecule has 1 rings (SSSR count). The Balaban J connectivity index is 2.79. The molecule has 0 aliphatic carbocycles. The molecule has 0 aromatic rings. The van der Waals surface area contributed by atoms with E-state index in [-0.39, 0.29) is 5.67 Å². The van der Waals surface area contributed by atoms with Gasteiger partial charge in [-0.3, -0.25) is 4.90 Å². The minimum absolute atomic E-state index is 0.219. The first-order valence-corrected chi connectivity index (χ1v) is 7.14. The maximum absolute atomic E-state index is 5.52. The van der Waals surface area contributed by atoms with Gasteiger partial charge in [0.1, 0.15) is 0 Å². The summed E-state index contributed by atoms with van der Waals surface area (Å²) in [5.74, 6) is 0. The predicted octanol–water partition coefficient (Wildman–Crippen LogP) is -0.303. The maximum atomic E-state index is 5.52. The van der Waals surface area contributed by atoms with Crippen LogP contribution in [0.15, 0.2) is 0 Å². The van der Waals surface area contributed by atoms with Crippen LogP contribution >= 0.6 is 0 Å². The first-order chi connectivity index (χ1) is 7.24. The first kappa shape index (κ1) is 13.1. The minimum Gasteiger partial charge on any atom is -0.376 e. The summed E-state index contributed by atoms with van der Waals surface area (Å²) in [5.41, 5.74) is 0.219. The molecule has 0 amide bonds. The van der Waals surface area contributed by atoms with E-state index in [9.17, 15) is 0 Å². The van der Waals surface area contributed by atoms with Gasteiger partial charge in [0.15, 0.2) is 0 Å². The normalized spacial score (nSPS) is 24.4. The van der Waals surface area contributed by atoms with Crippen molar-refractivity contribution in [2.45, 2.75) is 12.6 Å². The van der Waals surface area contributed by atoms with Crippen LogP contribution in [0, 0.1) is 0 Å². The van der Waals surface area contributed by atoms with Crippen LogP contribution in [0.4, 0.5) is 0 Å². The van der Waals surface area contributed by atoms with Gasteiger partial charge in [0.05, 0.1) is 5.67 Å². The Morgan fingerprint density at radius 2 is 1.87 bits per heavy atom. The van der Waals surface area contributed by atoms with Crippen LogP contribution in [0.3, 0.4) is 0 Å². The van der Waals surface area contributed by atoms with Gasteiger partial charge < -0.3 is 18.6 Å². The van der Waals surface area contributed by atoms with Crippen molar-refractivity contribution in [2.75, 3.05) is 47.5 Å². The Hall–Kier alpha value is 0.0169. The third kappa shape index (κ3) is 2.58. The summed E-state index contributed by atoms with van der Waals surface area (Å²) in [7, 11) is 2.47. The van der Waals surface area contributed by atoms with E-state index in [0.717, 1.165) is 26.2 Å². The van der Waals surface area contributed by atoms with E-state index in [1.807, 2.05) is 0 Å². The van der Waals surface area contributed by atoms with Crippen LogP contribution in [0.25, 0.3) is 0 Å². The number of hydrogen-bond acceptors (Lipinski definition) is 5. The van der Waals surface area contributed by atoms with Gasteiger partial charge in [-0.1, -0.05) is 6.92 Å². The fourth-order valence-electron chi connectivity index (χ4n) is 2.13. The minimum atomic E-state index is -2.54. The molecule has 0 aromatic heterocycles. The zero-order valence-electron chi connectivity index (χ0n) is 10.1. The monoisotopic (exact) mass is 234 g/mol. The second-order valence-corrected chi connectivity index (χ2v) is 6.66. The smallest absolute Gasteiger partial charge is 0.376 e. The summed E-state index contributed by atoms with van der Waals surface area (Å²) in [5, 5.41) is 3.36. The Morgan fingerprint density at radius 3 is 2.33 bits per heavy atom. The van der Waals surface area contributed by atoms with E-state index in [0.29, 0.717) is 0 Å². The molecule has 1 heterocycles. The van der Waals surface area contributed by atoms with E-state index in [1.165, 1.54) is 0 Å². The molecule has 1 unspecified atom stereocenters. The molecule has 1 aliphatic rings. The highest BCUT2D eigenvalue weighted by Crippen LogP contribution is 2.18. The molecular formula is C9H22N2O3Si. The lowest BCUT2D eigenvalue weighted by molar-refractivity contribution is 0.0667. The van der Waals surface area contributed by atoms with Crippen molar-refractivity contribution in [1.29, 1.82) is 0 Å².